The van der Waals surface area contributed by atoms with E-state index in [0.29, 0.717) is 11.3 Å². The van der Waals surface area contributed by atoms with Crippen LogP contribution >= 0.6 is 11.3 Å². The minimum absolute atomic E-state index is 0.447. The highest BCUT2D eigenvalue weighted by atomic mass is 32.1. The number of aryl methyl sites for hydroxylation is 2. The summed E-state index contributed by atoms with van der Waals surface area (Å²) in [5.41, 5.74) is 9.47. The number of rotatable bonds is 3. The molecule has 4 aromatic heterocycles. The van der Waals surface area contributed by atoms with Gasteiger partial charge in [0.15, 0.2) is 5.65 Å². The highest BCUT2D eigenvalue weighted by Crippen LogP contribution is 2.57. The topological polar surface area (TPSA) is 58.0 Å². The van der Waals surface area contributed by atoms with E-state index in [1.165, 1.54) is 76.1 Å². The van der Waals surface area contributed by atoms with Crippen molar-refractivity contribution in [3.05, 3.63) is 39.7 Å². The summed E-state index contributed by atoms with van der Waals surface area (Å²) in [6, 6.07) is 0. The first-order chi connectivity index (χ1) is 14.9. The van der Waals surface area contributed by atoms with Crippen LogP contribution in [0.3, 0.4) is 0 Å². The molecule has 6 rings (SSSR count). The molecule has 2 aliphatic rings. The Morgan fingerprint density at radius 2 is 1.97 bits per heavy atom. The minimum atomic E-state index is 0.447. The molecular formula is C25H31N5S. The molecule has 0 aromatic carbocycles. The predicted molar refractivity (Wildman–Crippen MR) is 128 cm³/mol. The number of nitrogens with one attached hydrogen (secondary N) is 2. The zero-order valence-corrected chi connectivity index (χ0v) is 19.9. The quantitative estimate of drug-likeness (QED) is 0.426. The molecule has 5 heterocycles. The van der Waals surface area contributed by atoms with E-state index in [4.69, 9.17) is 0 Å². The van der Waals surface area contributed by atoms with Gasteiger partial charge >= 0.3 is 0 Å². The molecule has 1 aliphatic carbocycles. The van der Waals surface area contributed by atoms with Gasteiger partial charge in [0.25, 0.3) is 0 Å². The van der Waals surface area contributed by atoms with Crippen LogP contribution in [0.1, 0.15) is 72.1 Å². The lowest BCUT2D eigenvalue weighted by molar-refractivity contribution is 0.129. The number of hydrogen-bond acceptors (Lipinski definition) is 4. The maximum atomic E-state index is 4.43. The van der Waals surface area contributed by atoms with Crippen molar-refractivity contribution in [2.24, 2.45) is 5.41 Å². The normalized spacial score (nSPS) is 23.6. The average molecular weight is 434 g/mol. The molecule has 0 radical (unpaired) electrons. The van der Waals surface area contributed by atoms with E-state index in [0.717, 1.165) is 11.6 Å². The van der Waals surface area contributed by atoms with Crippen molar-refractivity contribution in [1.82, 2.24) is 24.9 Å². The van der Waals surface area contributed by atoms with Crippen LogP contribution in [0.5, 0.6) is 0 Å². The fourth-order valence-electron chi connectivity index (χ4n) is 6.20. The highest BCUT2D eigenvalue weighted by molar-refractivity contribution is 7.19. The monoisotopic (exact) mass is 433 g/mol. The second-order valence-electron chi connectivity index (χ2n) is 10.2. The Balaban J connectivity index is 1.48. The Morgan fingerprint density at radius 3 is 2.68 bits per heavy atom. The maximum Gasteiger partial charge on any atom is 0.158 e. The zero-order valence-electron chi connectivity index (χ0n) is 19.1. The van der Waals surface area contributed by atoms with Gasteiger partial charge in [-0.05, 0) is 86.1 Å². The van der Waals surface area contributed by atoms with Gasteiger partial charge in [0.1, 0.15) is 11.2 Å². The third-order valence-corrected chi connectivity index (χ3v) is 9.37. The Morgan fingerprint density at radius 1 is 1.16 bits per heavy atom. The molecule has 0 atom stereocenters. The molecule has 5 nitrogen and oxygen atoms in total. The van der Waals surface area contributed by atoms with Gasteiger partial charge in [0.05, 0.1) is 5.69 Å². The first-order valence-electron chi connectivity index (χ1n) is 11.5. The molecule has 2 N–H and O–H groups in total. The van der Waals surface area contributed by atoms with Gasteiger partial charge in [0.2, 0.25) is 0 Å². The van der Waals surface area contributed by atoms with Gasteiger partial charge in [0, 0.05) is 28.6 Å². The van der Waals surface area contributed by atoms with Crippen molar-refractivity contribution in [3.8, 4) is 11.3 Å². The first-order valence-corrected chi connectivity index (χ1v) is 12.4. The summed E-state index contributed by atoms with van der Waals surface area (Å²) in [6.07, 6.45) is 7.86. The van der Waals surface area contributed by atoms with Gasteiger partial charge in [-0.25, -0.2) is 9.50 Å². The molecule has 0 bridgehead atoms. The van der Waals surface area contributed by atoms with E-state index in [1.807, 2.05) is 15.9 Å². The second kappa shape index (κ2) is 6.66. The van der Waals surface area contributed by atoms with Crippen molar-refractivity contribution >= 4 is 27.2 Å². The molecule has 162 valence electrons. The van der Waals surface area contributed by atoms with Gasteiger partial charge in [-0.3, -0.25) is 0 Å². The minimum Gasteiger partial charge on any atom is -0.346 e. The van der Waals surface area contributed by atoms with Crippen LogP contribution in [0.4, 0.5) is 0 Å². The van der Waals surface area contributed by atoms with E-state index in [-0.39, 0.29) is 0 Å². The number of nitrogens with zero attached hydrogens (tertiary/aromatic N) is 3. The van der Waals surface area contributed by atoms with Crippen LogP contribution < -0.4 is 5.32 Å². The predicted octanol–water partition coefficient (Wildman–Crippen LogP) is 5.84. The largest absolute Gasteiger partial charge is 0.346 e. The zero-order chi connectivity index (χ0) is 21.5. The fourth-order valence-corrected chi connectivity index (χ4v) is 7.52. The van der Waals surface area contributed by atoms with Crippen LogP contribution in [0.2, 0.25) is 0 Å². The van der Waals surface area contributed by atoms with Crippen LogP contribution in [-0.2, 0) is 0 Å². The molecule has 4 aromatic rings. The third kappa shape index (κ3) is 2.70. The van der Waals surface area contributed by atoms with E-state index in [9.17, 15) is 0 Å². The lowest BCUT2D eigenvalue weighted by Gasteiger charge is -2.45. The third-order valence-electron chi connectivity index (χ3n) is 8.00. The van der Waals surface area contributed by atoms with Gasteiger partial charge in [-0.1, -0.05) is 13.8 Å². The van der Waals surface area contributed by atoms with E-state index in [1.54, 1.807) is 11.2 Å². The molecule has 1 aliphatic heterocycles. The first kappa shape index (κ1) is 19.5. The summed E-state index contributed by atoms with van der Waals surface area (Å²) < 4.78 is 1.92. The van der Waals surface area contributed by atoms with Gasteiger partial charge < -0.3 is 10.3 Å². The number of pyridine rings is 1. The molecule has 0 unspecified atom stereocenters. The summed E-state index contributed by atoms with van der Waals surface area (Å²) in [5, 5.41) is 9.46. The van der Waals surface area contributed by atoms with Crippen LogP contribution in [0.15, 0.2) is 12.5 Å². The number of aromatic nitrogens is 4. The number of H-pyrrole nitrogens is 1. The summed E-state index contributed by atoms with van der Waals surface area (Å²) in [6.45, 7) is 13.8. The summed E-state index contributed by atoms with van der Waals surface area (Å²) in [7, 11) is 0. The molecule has 1 spiro atoms. The van der Waals surface area contributed by atoms with Gasteiger partial charge in [-0.15, -0.1) is 11.3 Å². The van der Waals surface area contributed by atoms with Crippen LogP contribution in [0, 0.1) is 26.2 Å². The number of thiophene rings is 1. The number of hydrogen-bond donors (Lipinski definition) is 2. The van der Waals surface area contributed by atoms with Crippen LogP contribution in [-0.4, -0.2) is 32.7 Å². The smallest absolute Gasteiger partial charge is 0.158 e. The van der Waals surface area contributed by atoms with E-state index >= 15 is 0 Å². The van der Waals surface area contributed by atoms with Gasteiger partial charge in [-0.2, -0.15) is 5.10 Å². The summed E-state index contributed by atoms with van der Waals surface area (Å²) in [4.78, 5) is 11.2. The van der Waals surface area contributed by atoms with Crippen molar-refractivity contribution in [2.75, 3.05) is 13.1 Å². The van der Waals surface area contributed by atoms with Crippen molar-refractivity contribution < 1.29 is 0 Å². The highest BCUT2D eigenvalue weighted by Gasteiger charge is 2.47. The lowest BCUT2D eigenvalue weighted by atomic mass is 9.61. The molecule has 31 heavy (non-hydrogen) atoms. The second-order valence-corrected chi connectivity index (χ2v) is 11.3. The Hall–Kier alpha value is -2.18. The maximum absolute atomic E-state index is 4.43. The summed E-state index contributed by atoms with van der Waals surface area (Å²) >= 11 is 2.00. The molecule has 0 amide bonds. The van der Waals surface area contributed by atoms with Crippen molar-refractivity contribution in [1.29, 1.82) is 0 Å². The molecule has 1 saturated heterocycles. The van der Waals surface area contributed by atoms with E-state index in [2.05, 4.69) is 61.2 Å². The fraction of sp³-hybridized carbons (Fsp3) is 0.520. The molecule has 2 fully saturated rings. The number of aromatic amines is 1. The molecule has 6 heteroatoms. The molecular weight excluding hydrogens is 402 g/mol. The Kier molecular flexibility index (Phi) is 4.19. The van der Waals surface area contributed by atoms with Crippen molar-refractivity contribution in [3.63, 3.8) is 0 Å². The Labute approximate surface area is 187 Å². The molecule has 1 saturated carbocycles. The standard InChI is InChI=1S/C25H31N5S/c1-13(2)19-20-16(5)22(17-8-25(9-17)6-7-26-11-25)31-24(20)29-21(19)18-10-30-23(27-12-28-30)15(4)14(18)3/h10,12-13,17,26,29H,6-9,11H2,1-5H3. The van der Waals surface area contributed by atoms with E-state index < -0.39 is 0 Å². The van der Waals surface area contributed by atoms with Crippen LogP contribution in [0.25, 0.3) is 27.1 Å². The SMILES string of the molecule is Cc1c(-c2[nH]c3sc(C4CC5(CCNC5)C4)c(C)c3c2C(C)C)cn2ncnc2c1C. The summed E-state index contributed by atoms with van der Waals surface area (Å²) in [5.74, 6) is 1.19. The Bertz CT molecular complexity index is 1310. The van der Waals surface area contributed by atoms with Crippen molar-refractivity contribution in [2.45, 2.75) is 65.7 Å². The number of fused-ring (bicyclic) bond motifs is 2. The lowest BCUT2D eigenvalue weighted by Crippen LogP contribution is -2.37. The average Bonchev–Trinajstić information content (AvgIpc) is 3.47.